The SMILES string of the molecule is NC1(Cc2ccc3ccccc3n2)Cc2ccccc2C1. The monoisotopic (exact) mass is 274 g/mol. The number of benzene rings is 2. The minimum atomic E-state index is -0.195. The number of hydrogen-bond donors (Lipinski definition) is 1. The summed E-state index contributed by atoms with van der Waals surface area (Å²) >= 11 is 0. The molecule has 0 aliphatic heterocycles. The number of fused-ring (bicyclic) bond motifs is 2. The van der Waals surface area contributed by atoms with Gasteiger partial charge in [0.1, 0.15) is 0 Å². The van der Waals surface area contributed by atoms with E-state index in [4.69, 9.17) is 10.7 Å². The summed E-state index contributed by atoms with van der Waals surface area (Å²) in [6.07, 6.45) is 2.71. The Labute approximate surface area is 124 Å². The molecule has 3 aromatic rings. The molecule has 104 valence electrons. The second-order valence-corrected chi connectivity index (χ2v) is 6.16. The van der Waals surface area contributed by atoms with Crippen molar-refractivity contribution in [3.8, 4) is 0 Å². The molecule has 0 unspecified atom stereocenters. The van der Waals surface area contributed by atoms with Crippen LogP contribution in [0.2, 0.25) is 0 Å². The fraction of sp³-hybridized carbons (Fsp3) is 0.211. The van der Waals surface area contributed by atoms with Crippen LogP contribution in [0, 0.1) is 0 Å². The van der Waals surface area contributed by atoms with Crippen LogP contribution in [0.3, 0.4) is 0 Å². The first-order chi connectivity index (χ1) is 10.2. The Morgan fingerprint density at radius 1 is 0.857 bits per heavy atom. The minimum Gasteiger partial charge on any atom is -0.324 e. The van der Waals surface area contributed by atoms with Gasteiger partial charge in [-0.3, -0.25) is 4.98 Å². The van der Waals surface area contributed by atoms with Crippen molar-refractivity contribution in [1.29, 1.82) is 0 Å². The summed E-state index contributed by atoms with van der Waals surface area (Å²) in [7, 11) is 0. The molecule has 1 heterocycles. The highest BCUT2D eigenvalue weighted by Crippen LogP contribution is 2.30. The molecule has 0 spiro atoms. The van der Waals surface area contributed by atoms with Crippen molar-refractivity contribution in [2.24, 2.45) is 5.73 Å². The van der Waals surface area contributed by atoms with Gasteiger partial charge in [0.05, 0.1) is 5.52 Å². The van der Waals surface area contributed by atoms with E-state index in [-0.39, 0.29) is 5.54 Å². The number of hydrogen-bond acceptors (Lipinski definition) is 2. The van der Waals surface area contributed by atoms with E-state index in [9.17, 15) is 0 Å². The maximum atomic E-state index is 6.65. The Morgan fingerprint density at radius 2 is 1.52 bits per heavy atom. The lowest BCUT2D eigenvalue weighted by molar-refractivity contribution is 0.442. The molecule has 0 bridgehead atoms. The molecule has 2 N–H and O–H groups in total. The summed E-state index contributed by atoms with van der Waals surface area (Å²) in [5.41, 5.74) is 11.4. The first-order valence-corrected chi connectivity index (χ1v) is 7.42. The normalized spacial score (nSPS) is 16.0. The third-order valence-corrected chi connectivity index (χ3v) is 4.39. The molecule has 1 aliphatic carbocycles. The van der Waals surface area contributed by atoms with Gasteiger partial charge in [-0.1, -0.05) is 48.5 Å². The second-order valence-electron chi connectivity index (χ2n) is 6.16. The smallest absolute Gasteiger partial charge is 0.0705 e. The van der Waals surface area contributed by atoms with E-state index in [2.05, 4.69) is 48.5 Å². The molecule has 2 heteroatoms. The largest absolute Gasteiger partial charge is 0.324 e. The Hall–Kier alpha value is -2.19. The summed E-state index contributed by atoms with van der Waals surface area (Å²) in [5.74, 6) is 0. The minimum absolute atomic E-state index is 0.195. The van der Waals surface area contributed by atoms with Crippen molar-refractivity contribution in [3.05, 3.63) is 77.5 Å². The molecule has 1 aromatic heterocycles. The quantitative estimate of drug-likeness (QED) is 0.779. The van der Waals surface area contributed by atoms with E-state index in [1.54, 1.807) is 0 Å². The van der Waals surface area contributed by atoms with Crippen LogP contribution in [0.25, 0.3) is 10.9 Å². The van der Waals surface area contributed by atoms with Crippen LogP contribution in [0.5, 0.6) is 0 Å². The van der Waals surface area contributed by atoms with Gasteiger partial charge in [0.15, 0.2) is 0 Å². The Bertz CT molecular complexity index is 782. The van der Waals surface area contributed by atoms with Crippen LogP contribution >= 0.6 is 0 Å². The summed E-state index contributed by atoms with van der Waals surface area (Å²) in [6, 6.07) is 21.1. The number of aromatic nitrogens is 1. The van der Waals surface area contributed by atoms with Crippen molar-refractivity contribution in [3.63, 3.8) is 0 Å². The third-order valence-electron chi connectivity index (χ3n) is 4.39. The molecule has 21 heavy (non-hydrogen) atoms. The Kier molecular flexibility index (Phi) is 2.79. The first-order valence-electron chi connectivity index (χ1n) is 7.42. The maximum absolute atomic E-state index is 6.65. The van der Waals surface area contributed by atoms with E-state index in [0.717, 1.165) is 30.5 Å². The summed E-state index contributed by atoms with van der Waals surface area (Å²) in [6.45, 7) is 0. The highest BCUT2D eigenvalue weighted by Gasteiger charge is 2.33. The number of rotatable bonds is 2. The highest BCUT2D eigenvalue weighted by molar-refractivity contribution is 5.78. The van der Waals surface area contributed by atoms with Gasteiger partial charge in [-0.05, 0) is 36.1 Å². The second kappa shape index (κ2) is 4.68. The van der Waals surface area contributed by atoms with Gasteiger partial charge in [-0.15, -0.1) is 0 Å². The standard InChI is InChI=1S/C19H18N2/c20-19(11-15-6-1-2-7-16(15)12-19)13-17-10-9-14-5-3-4-8-18(14)21-17/h1-10H,11-13,20H2. The van der Waals surface area contributed by atoms with Crippen molar-refractivity contribution < 1.29 is 0 Å². The summed E-state index contributed by atoms with van der Waals surface area (Å²) in [4.78, 5) is 4.77. The van der Waals surface area contributed by atoms with Crippen molar-refractivity contribution in [2.75, 3.05) is 0 Å². The molecule has 4 rings (SSSR count). The number of nitrogens with two attached hydrogens (primary N) is 1. The molecule has 2 nitrogen and oxygen atoms in total. The van der Waals surface area contributed by atoms with Crippen LogP contribution in [0.4, 0.5) is 0 Å². The Balaban J connectivity index is 1.63. The van der Waals surface area contributed by atoms with Crippen LogP contribution < -0.4 is 5.73 Å². The summed E-state index contributed by atoms with van der Waals surface area (Å²) in [5, 5.41) is 1.18. The molecule has 0 amide bonds. The third kappa shape index (κ3) is 2.32. The van der Waals surface area contributed by atoms with Gasteiger partial charge < -0.3 is 5.73 Å². The van der Waals surface area contributed by atoms with Gasteiger partial charge in [0.2, 0.25) is 0 Å². The van der Waals surface area contributed by atoms with Gasteiger partial charge >= 0.3 is 0 Å². The fourth-order valence-electron chi connectivity index (χ4n) is 3.42. The zero-order chi connectivity index (χ0) is 14.3. The van der Waals surface area contributed by atoms with Gasteiger partial charge in [0, 0.05) is 23.0 Å². The number of nitrogens with zero attached hydrogens (tertiary/aromatic N) is 1. The van der Waals surface area contributed by atoms with Crippen LogP contribution in [0.15, 0.2) is 60.7 Å². The van der Waals surface area contributed by atoms with E-state index in [1.807, 2.05) is 12.1 Å². The van der Waals surface area contributed by atoms with E-state index in [1.165, 1.54) is 16.5 Å². The van der Waals surface area contributed by atoms with E-state index in [0.29, 0.717) is 0 Å². The fourth-order valence-corrected chi connectivity index (χ4v) is 3.42. The molecule has 0 saturated heterocycles. The Morgan fingerprint density at radius 3 is 2.29 bits per heavy atom. The predicted octanol–water partition coefficient (Wildman–Crippen LogP) is 3.27. The molecule has 0 atom stereocenters. The lowest BCUT2D eigenvalue weighted by Gasteiger charge is -2.23. The average molecular weight is 274 g/mol. The van der Waals surface area contributed by atoms with Crippen LogP contribution in [-0.2, 0) is 19.3 Å². The van der Waals surface area contributed by atoms with Crippen LogP contribution in [-0.4, -0.2) is 10.5 Å². The molecule has 1 aliphatic rings. The van der Waals surface area contributed by atoms with Gasteiger partial charge in [-0.2, -0.15) is 0 Å². The van der Waals surface area contributed by atoms with Crippen LogP contribution in [0.1, 0.15) is 16.8 Å². The molecular formula is C19H18N2. The van der Waals surface area contributed by atoms with Crippen molar-refractivity contribution in [1.82, 2.24) is 4.98 Å². The lowest BCUT2D eigenvalue weighted by atomic mass is 9.91. The van der Waals surface area contributed by atoms with E-state index < -0.39 is 0 Å². The number of para-hydroxylation sites is 1. The predicted molar refractivity (Wildman–Crippen MR) is 86.2 cm³/mol. The molecular weight excluding hydrogens is 256 g/mol. The van der Waals surface area contributed by atoms with Crippen molar-refractivity contribution in [2.45, 2.75) is 24.8 Å². The van der Waals surface area contributed by atoms with Crippen molar-refractivity contribution >= 4 is 10.9 Å². The first kappa shape index (κ1) is 12.5. The molecule has 0 fully saturated rings. The zero-order valence-corrected chi connectivity index (χ0v) is 11.9. The van der Waals surface area contributed by atoms with Gasteiger partial charge in [0.25, 0.3) is 0 Å². The zero-order valence-electron chi connectivity index (χ0n) is 11.9. The molecule has 0 saturated carbocycles. The average Bonchev–Trinajstić information content (AvgIpc) is 2.82. The summed E-state index contributed by atoms with van der Waals surface area (Å²) < 4.78 is 0. The molecule has 0 radical (unpaired) electrons. The maximum Gasteiger partial charge on any atom is 0.0705 e. The topological polar surface area (TPSA) is 38.9 Å². The highest BCUT2D eigenvalue weighted by atomic mass is 14.8. The molecule has 2 aromatic carbocycles. The van der Waals surface area contributed by atoms with Gasteiger partial charge in [-0.25, -0.2) is 0 Å². The number of pyridine rings is 1. The lowest BCUT2D eigenvalue weighted by Crippen LogP contribution is -2.43. The van der Waals surface area contributed by atoms with E-state index >= 15 is 0 Å².